The molecule has 0 saturated heterocycles. The van der Waals surface area contributed by atoms with Crippen LogP contribution in [0.25, 0.3) is 11.0 Å². The molecule has 1 aliphatic rings. The van der Waals surface area contributed by atoms with Crippen LogP contribution in [0.5, 0.6) is 0 Å². The molecule has 1 N–H and O–H groups in total. The fourth-order valence-electron chi connectivity index (χ4n) is 3.15. The van der Waals surface area contributed by atoms with E-state index in [4.69, 9.17) is 4.52 Å². The molecule has 1 amide bonds. The molecule has 0 atom stereocenters. The smallest absolute Gasteiger partial charge is 0.326 e. The number of nitrogens with zero attached hydrogens (tertiary/aromatic N) is 3. The molecule has 0 aliphatic carbocycles. The first-order valence-electron chi connectivity index (χ1n) is 8.44. The fourth-order valence-corrected chi connectivity index (χ4v) is 4.57. The lowest BCUT2D eigenvalue weighted by atomic mass is 10.1. The van der Waals surface area contributed by atoms with Crippen LogP contribution in [0.4, 0.5) is 11.4 Å². The van der Waals surface area contributed by atoms with Crippen molar-refractivity contribution in [3.63, 3.8) is 0 Å². The zero-order valence-corrected chi connectivity index (χ0v) is 15.4. The zero-order chi connectivity index (χ0) is 19.0. The molecule has 1 aromatic heterocycles. The number of nitrogens with one attached hydrogen (secondary N) is 1. The summed E-state index contributed by atoms with van der Waals surface area (Å²) in [6, 6.07) is 14.4. The van der Waals surface area contributed by atoms with Crippen LogP contribution in [-0.4, -0.2) is 39.6 Å². The molecule has 0 saturated carbocycles. The largest absolute Gasteiger partial charge is 0.356 e. The first-order valence-corrected chi connectivity index (χ1v) is 9.84. The third-order valence-corrected chi connectivity index (χ3v) is 6.36. The molecular weight excluding hydrogens is 368 g/mol. The number of anilines is 2. The summed E-state index contributed by atoms with van der Waals surface area (Å²) in [5.74, 6) is -0.243. The molecule has 2 aromatic carbocycles. The first-order chi connectivity index (χ1) is 13.0. The summed E-state index contributed by atoms with van der Waals surface area (Å²) in [7, 11) is -2.10. The van der Waals surface area contributed by atoms with Crippen molar-refractivity contribution in [2.24, 2.45) is 0 Å². The van der Waals surface area contributed by atoms with Crippen molar-refractivity contribution in [2.75, 3.05) is 28.7 Å². The van der Waals surface area contributed by atoms with Gasteiger partial charge in [-0.3, -0.25) is 9.10 Å². The molecule has 0 bridgehead atoms. The van der Waals surface area contributed by atoms with Crippen molar-refractivity contribution in [1.82, 2.24) is 10.5 Å². The van der Waals surface area contributed by atoms with E-state index in [1.807, 2.05) is 18.2 Å². The minimum absolute atomic E-state index is 0.0697. The number of carbonyl (C=O) groups is 1. The van der Waals surface area contributed by atoms with E-state index < -0.39 is 10.2 Å². The van der Waals surface area contributed by atoms with Gasteiger partial charge in [0, 0.05) is 19.0 Å². The molecule has 0 radical (unpaired) electrons. The van der Waals surface area contributed by atoms with Crippen molar-refractivity contribution in [3.8, 4) is 0 Å². The lowest BCUT2D eigenvalue weighted by Crippen LogP contribution is -2.41. The Morgan fingerprint density at radius 2 is 1.81 bits per heavy atom. The van der Waals surface area contributed by atoms with E-state index in [-0.39, 0.29) is 25.4 Å². The van der Waals surface area contributed by atoms with Gasteiger partial charge in [-0.2, -0.15) is 8.42 Å². The van der Waals surface area contributed by atoms with Gasteiger partial charge in [-0.25, -0.2) is 4.31 Å². The Bertz CT molecular complexity index is 1110. The van der Waals surface area contributed by atoms with Crippen LogP contribution in [0.1, 0.15) is 5.69 Å². The van der Waals surface area contributed by atoms with Crippen LogP contribution in [0.15, 0.2) is 53.1 Å². The van der Waals surface area contributed by atoms with Crippen molar-refractivity contribution >= 4 is 38.5 Å². The summed E-state index contributed by atoms with van der Waals surface area (Å²) in [5, 5.41) is 7.48. The molecule has 140 valence electrons. The van der Waals surface area contributed by atoms with Crippen LogP contribution in [0, 0.1) is 0 Å². The molecule has 4 rings (SSSR count). The van der Waals surface area contributed by atoms with Crippen LogP contribution < -0.4 is 13.9 Å². The van der Waals surface area contributed by atoms with Gasteiger partial charge in [0.15, 0.2) is 5.58 Å². The van der Waals surface area contributed by atoms with Gasteiger partial charge < -0.3 is 9.84 Å². The summed E-state index contributed by atoms with van der Waals surface area (Å²) in [6.45, 7) is 0.338. The van der Waals surface area contributed by atoms with E-state index >= 15 is 0 Å². The van der Waals surface area contributed by atoms with Gasteiger partial charge in [0.1, 0.15) is 5.69 Å². The number of hydrogen-bond donors (Lipinski definition) is 1. The molecule has 0 fully saturated rings. The Morgan fingerprint density at radius 1 is 1.11 bits per heavy atom. The number of carbonyl (C=O) groups excluding carboxylic acids is 1. The second-order valence-corrected chi connectivity index (χ2v) is 8.07. The quantitative estimate of drug-likeness (QED) is 0.720. The fraction of sp³-hybridized carbons (Fsp3) is 0.222. The number of aromatic nitrogens is 1. The highest BCUT2D eigenvalue weighted by Crippen LogP contribution is 2.38. The monoisotopic (exact) mass is 386 g/mol. The summed E-state index contributed by atoms with van der Waals surface area (Å²) in [6.07, 6.45) is 0.0697. The molecule has 1 aliphatic heterocycles. The number of benzene rings is 2. The Kier molecular flexibility index (Phi) is 4.23. The molecule has 2 heterocycles. The number of fused-ring (bicyclic) bond motifs is 2. The summed E-state index contributed by atoms with van der Waals surface area (Å²) >= 11 is 0. The number of amides is 1. The van der Waals surface area contributed by atoms with E-state index in [1.54, 1.807) is 30.3 Å². The van der Waals surface area contributed by atoms with Crippen molar-refractivity contribution < 1.29 is 17.7 Å². The summed E-state index contributed by atoms with van der Waals surface area (Å²) in [4.78, 5) is 12.2. The SMILES string of the molecule is CN1c2ccccc2N(CCNC(=O)Cc2noc3ccccc23)S1(=O)=O. The van der Waals surface area contributed by atoms with Crippen LogP contribution in [0.2, 0.25) is 0 Å². The van der Waals surface area contributed by atoms with E-state index in [0.29, 0.717) is 22.7 Å². The van der Waals surface area contributed by atoms with Crippen molar-refractivity contribution in [1.29, 1.82) is 0 Å². The van der Waals surface area contributed by atoms with Gasteiger partial charge in [0.2, 0.25) is 5.91 Å². The zero-order valence-electron chi connectivity index (χ0n) is 14.6. The highest BCUT2D eigenvalue weighted by molar-refractivity contribution is 7.94. The van der Waals surface area contributed by atoms with E-state index in [2.05, 4.69) is 10.5 Å². The minimum Gasteiger partial charge on any atom is -0.356 e. The topological polar surface area (TPSA) is 95.8 Å². The normalized spacial score (nSPS) is 15.1. The van der Waals surface area contributed by atoms with E-state index in [0.717, 1.165) is 5.39 Å². The Balaban J connectivity index is 1.40. The molecular formula is C18H18N4O4S. The van der Waals surface area contributed by atoms with Gasteiger partial charge in [-0.15, -0.1) is 0 Å². The lowest BCUT2D eigenvalue weighted by molar-refractivity contribution is -0.120. The third-order valence-electron chi connectivity index (χ3n) is 4.53. The number of hydrogen-bond acceptors (Lipinski definition) is 5. The molecule has 0 spiro atoms. The average molecular weight is 386 g/mol. The predicted molar refractivity (Wildman–Crippen MR) is 102 cm³/mol. The second kappa shape index (κ2) is 6.58. The molecule has 27 heavy (non-hydrogen) atoms. The van der Waals surface area contributed by atoms with E-state index in [9.17, 15) is 13.2 Å². The first kappa shape index (κ1) is 17.3. The number of rotatable bonds is 5. The van der Waals surface area contributed by atoms with Gasteiger partial charge in [0.25, 0.3) is 0 Å². The van der Waals surface area contributed by atoms with Gasteiger partial charge in [-0.1, -0.05) is 29.4 Å². The Morgan fingerprint density at radius 3 is 2.63 bits per heavy atom. The molecule has 3 aromatic rings. The van der Waals surface area contributed by atoms with Crippen molar-refractivity contribution in [2.45, 2.75) is 6.42 Å². The maximum atomic E-state index is 12.5. The van der Waals surface area contributed by atoms with Crippen LogP contribution in [-0.2, 0) is 21.4 Å². The van der Waals surface area contributed by atoms with Crippen molar-refractivity contribution in [3.05, 3.63) is 54.2 Å². The molecule has 8 nitrogen and oxygen atoms in total. The maximum absolute atomic E-state index is 12.5. The maximum Gasteiger partial charge on any atom is 0.326 e. The highest BCUT2D eigenvalue weighted by Gasteiger charge is 2.37. The van der Waals surface area contributed by atoms with Gasteiger partial charge in [-0.05, 0) is 24.3 Å². The minimum atomic E-state index is -3.61. The average Bonchev–Trinajstić information content (AvgIpc) is 3.15. The Labute approximate surface area is 156 Å². The van der Waals surface area contributed by atoms with E-state index in [1.165, 1.54) is 15.7 Å². The number of para-hydroxylation sites is 3. The standard InChI is InChI=1S/C18H18N4O4S/c1-21-15-7-3-4-8-16(15)22(27(21,24)25)11-10-19-18(23)12-14-13-6-2-5-9-17(13)26-20-14/h2-9H,10-12H2,1H3,(H,19,23). The predicted octanol–water partition coefficient (Wildman–Crippen LogP) is 1.69. The molecule has 0 unspecified atom stereocenters. The second-order valence-electron chi connectivity index (χ2n) is 6.19. The van der Waals surface area contributed by atoms with Crippen LogP contribution >= 0.6 is 0 Å². The Hall–Kier alpha value is -3.07. The molecule has 9 heteroatoms. The summed E-state index contributed by atoms with van der Waals surface area (Å²) < 4.78 is 32.8. The van der Waals surface area contributed by atoms with Crippen LogP contribution in [0.3, 0.4) is 0 Å². The van der Waals surface area contributed by atoms with Gasteiger partial charge >= 0.3 is 10.2 Å². The van der Waals surface area contributed by atoms with Gasteiger partial charge in [0.05, 0.1) is 24.3 Å². The summed E-state index contributed by atoms with van der Waals surface area (Å²) in [5.41, 5.74) is 2.42. The lowest BCUT2D eigenvalue weighted by Gasteiger charge is -2.19. The third kappa shape index (κ3) is 2.99. The highest BCUT2D eigenvalue weighted by atomic mass is 32.2.